The molecular weight excluding hydrogens is 258 g/mol. The molecule has 1 N–H and O–H groups in total. The van der Waals surface area contributed by atoms with Crippen LogP contribution in [0.3, 0.4) is 0 Å². The van der Waals surface area contributed by atoms with Gasteiger partial charge in [-0.25, -0.2) is 0 Å². The molecule has 3 rings (SSSR count). The summed E-state index contributed by atoms with van der Waals surface area (Å²) < 4.78 is 5.95. The van der Waals surface area contributed by atoms with Crippen molar-refractivity contribution < 1.29 is 4.42 Å². The first-order chi connectivity index (χ1) is 10.3. The third-order valence-electron chi connectivity index (χ3n) is 4.43. The second-order valence-electron chi connectivity index (χ2n) is 5.93. The summed E-state index contributed by atoms with van der Waals surface area (Å²) >= 11 is 0. The minimum absolute atomic E-state index is 0.273. The molecule has 2 aromatic rings. The molecule has 0 fully saturated rings. The Hall–Kier alpha value is -1.54. The maximum Gasteiger partial charge on any atom is 0.121 e. The Balaban J connectivity index is 1.78. The minimum atomic E-state index is 0.273. The average Bonchev–Trinajstić information content (AvgIpc) is 3.15. The molecule has 1 unspecified atom stereocenters. The number of fused-ring (bicyclic) bond motifs is 1. The van der Waals surface area contributed by atoms with Crippen LogP contribution < -0.4 is 5.32 Å². The van der Waals surface area contributed by atoms with E-state index < -0.39 is 0 Å². The normalized spacial score (nSPS) is 15.1. The molecule has 1 heterocycles. The van der Waals surface area contributed by atoms with E-state index >= 15 is 0 Å². The topological polar surface area (TPSA) is 25.2 Å². The van der Waals surface area contributed by atoms with Crippen molar-refractivity contribution in [3.8, 4) is 0 Å². The van der Waals surface area contributed by atoms with Crippen LogP contribution in [0.15, 0.2) is 34.7 Å². The van der Waals surface area contributed by atoms with Gasteiger partial charge in [-0.15, -0.1) is 0 Å². The average molecular weight is 283 g/mol. The number of benzene rings is 1. The number of rotatable bonds is 6. The molecule has 0 radical (unpaired) electrons. The fourth-order valence-electron chi connectivity index (χ4n) is 3.28. The molecule has 1 aromatic heterocycles. The molecule has 2 nitrogen and oxygen atoms in total. The lowest BCUT2D eigenvalue weighted by molar-refractivity contribution is 0.396. The summed E-state index contributed by atoms with van der Waals surface area (Å²) in [5.74, 6) is 2.14. The van der Waals surface area contributed by atoms with Gasteiger partial charge in [-0.05, 0) is 61.1 Å². The van der Waals surface area contributed by atoms with Gasteiger partial charge in [0.15, 0.2) is 0 Å². The number of aryl methyl sites for hydroxylation is 3. The maximum absolute atomic E-state index is 5.95. The zero-order chi connectivity index (χ0) is 14.7. The van der Waals surface area contributed by atoms with Gasteiger partial charge in [0.25, 0.3) is 0 Å². The van der Waals surface area contributed by atoms with Gasteiger partial charge in [0.05, 0.1) is 6.04 Å². The van der Waals surface area contributed by atoms with E-state index in [4.69, 9.17) is 4.42 Å². The Bertz CT molecular complexity index is 599. The molecule has 0 bridgehead atoms. The molecule has 1 aliphatic carbocycles. The van der Waals surface area contributed by atoms with E-state index in [1.165, 1.54) is 24.8 Å². The molecule has 21 heavy (non-hydrogen) atoms. The van der Waals surface area contributed by atoms with Crippen molar-refractivity contribution in [1.29, 1.82) is 0 Å². The Labute approximate surface area is 127 Å². The van der Waals surface area contributed by atoms with Crippen LogP contribution in [0.4, 0.5) is 0 Å². The van der Waals surface area contributed by atoms with Crippen molar-refractivity contribution in [3.05, 3.63) is 58.5 Å². The number of hydrogen-bond donors (Lipinski definition) is 1. The molecule has 1 aromatic carbocycles. The SMILES string of the molecule is CCNC(Cc1ccc2c(c1)CCC2)c1ccc(CC)o1. The molecule has 0 saturated carbocycles. The highest BCUT2D eigenvalue weighted by molar-refractivity contribution is 5.36. The first kappa shape index (κ1) is 14.4. The summed E-state index contributed by atoms with van der Waals surface area (Å²) in [6, 6.07) is 11.5. The summed E-state index contributed by atoms with van der Waals surface area (Å²) in [7, 11) is 0. The van der Waals surface area contributed by atoms with E-state index in [1.807, 2.05) is 0 Å². The largest absolute Gasteiger partial charge is 0.464 e. The summed E-state index contributed by atoms with van der Waals surface area (Å²) in [6.45, 7) is 5.24. The lowest BCUT2D eigenvalue weighted by Gasteiger charge is -2.16. The predicted molar refractivity (Wildman–Crippen MR) is 86.7 cm³/mol. The Morgan fingerprint density at radius 1 is 1.10 bits per heavy atom. The smallest absolute Gasteiger partial charge is 0.121 e. The predicted octanol–water partition coefficient (Wildman–Crippen LogP) is 4.22. The van der Waals surface area contributed by atoms with E-state index in [1.54, 1.807) is 11.1 Å². The summed E-state index contributed by atoms with van der Waals surface area (Å²) in [5.41, 5.74) is 4.51. The van der Waals surface area contributed by atoms with E-state index in [-0.39, 0.29) is 6.04 Å². The number of furan rings is 1. The highest BCUT2D eigenvalue weighted by Gasteiger charge is 2.17. The van der Waals surface area contributed by atoms with Crippen molar-refractivity contribution in [2.75, 3.05) is 6.54 Å². The summed E-state index contributed by atoms with van der Waals surface area (Å²) in [6.07, 6.45) is 5.77. The Kier molecular flexibility index (Phi) is 4.45. The van der Waals surface area contributed by atoms with Crippen LogP contribution in [0.5, 0.6) is 0 Å². The van der Waals surface area contributed by atoms with Crippen LogP contribution in [-0.2, 0) is 25.7 Å². The highest BCUT2D eigenvalue weighted by Crippen LogP contribution is 2.26. The van der Waals surface area contributed by atoms with Gasteiger partial charge in [0, 0.05) is 6.42 Å². The van der Waals surface area contributed by atoms with E-state index in [2.05, 4.69) is 49.5 Å². The second-order valence-corrected chi connectivity index (χ2v) is 5.93. The number of likely N-dealkylation sites (N-methyl/N-ethyl adjacent to an activating group) is 1. The van der Waals surface area contributed by atoms with Gasteiger partial charge in [-0.3, -0.25) is 0 Å². The molecule has 2 heteroatoms. The van der Waals surface area contributed by atoms with Gasteiger partial charge < -0.3 is 9.73 Å². The third kappa shape index (κ3) is 3.21. The first-order valence-electron chi connectivity index (χ1n) is 8.22. The van der Waals surface area contributed by atoms with Crippen molar-refractivity contribution >= 4 is 0 Å². The van der Waals surface area contributed by atoms with Crippen LogP contribution >= 0.6 is 0 Å². The fraction of sp³-hybridized carbons (Fsp3) is 0.474. The van der Waals surface area contributed by atoms with Gasteiger partial charge in [-0.1, -0.05) is 32.0 Å². The minimum Gasteiger partial charge on any atom is -0.464 e. The molecule has 1 atom stereocenters. The van der Waals surface area contributed by atoms with Gasteiger partial charge in [0.2, 0.25) is 0 Å². The van der Waals surface area contributed by atoms with Crippen molar-refractivity contribution in [3.63, 3.8) is 0 Å². The monoisotopic (exact) mass is 283 g/mol. The molecule has 112 valence electrons. The van der Waals surface area contributed by atoms with Gasteiger partial charge in [-0.2, -0.15) is 0 Å². The molecule has 1 aliphatic rings. The van der Waals surface area contributed by atoms with E-state index in [0.717, 1.165) is 30.9 Å². The molecule has 0 amide bonds. The molecule has 0 spiro atoms. The maximum atomic E-state index is 5.95. The van der Waals surface area contributed by atoms with Crippen molar-refractivity contribution in [2.45, 2.75) is 52.0 Å². The second kappa shape index (κ2) is 6.48. The van der Waals surface area contributed by atoms with Gasteiger partial charge in [0.1, 0.15) is 11.5 Å². The van der Waals surface area contributed by atoms with Gasteiger partial charge >= 0.3 is 0 Å². The third-order valence-corrected chi connectivity index (χ3v) is 4.43. The lowest BCUT2D eigenvalue weighted by Crippen LogP contribution is -2.22. The molecule has 0 saturated heterocycles. The highest BCUT2D eigenvalue weighted by atomic mass is 16.3. The fourth-order valence-corrected chi connectivity index (χ4v) is 3.28. The van der Waals surface area contributed by atoms with Crippen LogP contribution in [0, 0.1) is 0 Å². The van der Waals surface area contributed by atoms with Crippen LogP contribution in [0.25, 0.3) is 0 Å². The van der Waals surface area contributed by atoms with Crippen LogP contribution in [0.2, 0.25) is 0 Å². The zero-order valence-electron chi connectivity index (χ0n) is 13.1. The summed E-state index contributed by atoms with van der Waals surface area (Å²) in [5, 5.41) is 3.56. The lowest BCUT2D eigenvalue weighted by atomic mass is 10.00. The van der Waals surface area contributed by atoms with Crippen LogP contribution in [0.1, 0.15) is 54.5 Å². The van der Waals surface area contributed by atoms with E-state index in [9.17, 15) is 0 Å². The standard InChI is InChI=1S/C19H25NO/c1-3-17-10-11-19(21-17)18(20-4-2)13-14-8-9-15-6-5-7-16(15)12-14/h8-12,18,20H,3-7,13H2,1-2H3. The first-order valence-corrected chi connectivity index (χ1v) is 8.22. The summed E-state index contributed by atoms with van der Waals surface area (Å²) in [4.78, 5) is 0. The number of hydrogen-bond acceptors (Lipinski definition) is 2. The zero-order valence-corrected chi connectivity index (χ0v) is 13.1. The van der Waals surface area contributed by atoms with E-state index in [0.29, 0.717) is 0 Å². The van der Waals surface area contributed by atoms with Crippen molar-refractivity contribution in [2.24, 2.45) is 0 Å². The van der Waals surface area contributed by atoms with Crippen LogP contribution in [-0.4, -0.2) is 6.54 Å². The Morgan fingerprint density at radius 2 is 1.95 bits per heavy atom. The molecular formula is C19H25NO. The number of nitrogens with one attached hydrogen (secondary N) is 1. The quantitative estimate of drug-likeness (QED) is 0.858. The Morgan fingerprint density at radius 3 is 2.71 bits per heavy atom. The van der Waals surface area contributed by atoms with Crippen molar-refractivity contribution in [1.82, 2.24) is 5.32 Å². The molecule has 0 aliphatic heterocycles.